The number of rotatable bonds is 7. The number of ether oxygens (including phenoxy) is 1. The van der Waals surface area contributed by atoms with E-state index in [-0.39, 0.29) is 72.5 Å². The molecule has 3 heterocycles. The lowest BCUT2D eigenvalue weighted by molar-refractivity contribution is -0.392. The lowest BCUT2D eigenvalue weighted by Crippen LogP contribution is -2.56. The molecule has 2 fully saturated rings. The number of piperazine rings is 1. The van der Waals surface area contributed by atoms with Crippen molar-refractivity contribution in [3.8, 4) is 0 Å². The number of aryl methyl sites for hydroxylation is 2. The number of likely N-dealkylation sites (tertiary alicyclic amines) is 1. The molecule has 0 spiro atoms. The number of sulfone groups is 1. The van der Waals surface area contributed by atoms with E-state index in [2.05, 4.69) is 5.16 Å². The normalized spacial score (nSPS) is 19.3. The largest absolute Gasteiger partial charge is 0.430 e. The highest BCUT2D eigenvalue weighted by atomic mass is 32.2. The first-order valence-corrected chi connectivity index (χ1v) is 16.8. The number of amides is 3. The SMILES string of the molecule is CC(=O)N1CCN(C(=O)N2CC[C@](c3ccc(C(OCc4c(C)noc4C)(C(F)(F)F)C(F)(F)F)cc3)(S(=O)(=O)c3ccc(F)cc3)C2)CC1. The number of hydrogen-bond donors (Lipinski definition) is 0. The number of urea groups is 1. The number of carbonyl (C=O) groups is 2. The molecular formula is C32H33F7N4O6S. The van der Waals surface area contributed by atoms with Crippen LogP contribution in [0.3, 0.4) is 0 Å². The molecule has 1 aromatic heterocycles. The van der Waals surface area contributed by atoms with Crippen molar-refractivity contribution < 1.29 is 58.0 Å². The second kappa shape index (κ2) is 13.2. The number of alkyl halides is 6. The van der Waals surface area contributed by atoms with Gasteiger partial charge in [0.15, 0.2) is 9.84 Å². The molecule has 3 aromatic rings. The molecule has 2 aromatic carbocycles. The third-order valence-electron chi connectivity index (χ3n) is 9.37. The van der Waals surface area contributed by atoms with Gasteiger partial charge in [0, 0.05) is 57.3 Å². The van der Waals surface area contributed by atoms with E-state index >= 15 is 0 Å². The van der Waals surface area contributed by atoms with Gasteiger partial charge in [-0.2, -0.15) is 26.3 Å². The second-order valence-corrected chi connectivity index (χ2v) is 14.5. The number of aromatic nitrogens is 1. The third kappa shape index (κ3) is 6.31. The van der Waals surface area contributed by atoms with Gasteiger partial charge in [-0.3, -0.25) is 4.79 Å². The van der Waals surface area contributed by atoms with Gasteiger partial charge in [-0.1, -0.05) is 29.4 Å². The first-order valence-electron chi connectivity index (χ1n) is 15.3. The number of nitrogens with zero attached hydrogens (tertiary/aromatic N) is 4. The molecular weight excluding hydrogens is 701 g/mol. The van der Waals surface area contributed by atoms with Crippen LogP contribution in [0.5, 0.6) is 0 Å². The highest BCUT2D eigenvalue weighted by Gasteiger charge is 2.73. The van der Waals surface area contributed by atoms with E-state index in [4.69, 9.17) is 9.26 Å². The second-order valence-electron chi connectivity index (χ2n) is 12.2. The van der Waals surface area contributed by atoms with Crippen LogP contribution in [0.1, 0.15) is 41.5 Å². The van der Waals surface area contributed by atoms with Gasteiger partial charge in [0.25, 0.3) is 5.60 Å². The predicted octanol–water partition coefficient (Wildman–Crippen LogP) is 5.63. The first kappa shape index (κ1) is 37.1. The lowest BCUT2D eigenvalue weighted by Gasteiger charge is -2.38. The maximum atomic E-state index is 14.6. The molecule has 0 radical (unpaired) electrons. The van der Waals surface area contributed by atoms with Crippen LogP contribution in [0.25, 0.3) is 0 Å². The maximum absolute atomic E-state index is 14.6. The number of carbonyl (C=O) groups excluding carboxylic acids is 2. The van der Waals surface area contributed by atoms with Crippen LogP contribution in [0.15, 0.2) is 57.9 Å². The van der Waals surface area contributed by atoms with Gasteiger partial charge in [0.05, 0.1) is 17.2 Å². The van der Waals surface area contributed by atoms with E-state index in [9.17, 15) is 48.7 Å². The van der Waals surface area contributed by atoms with Gasteiger partial charge in [-0.15, -0.1) is 0 Å². The summed E-state index contributed by atoms with van der Waals surface area (Å²) >= 11 is 0. The highest BCUT2D eigenvalue weighted by molar-refractivity contribution is 7.92. The Balaban J connectivity index is 1.56. The average Bonchev–Trinajstić information content (AvgIpc) is 3.65. The minimum Gasteiger partial charge on any atom is -0.361 e. The summed E-state index contributed by atoms with van der Waals surface area (Å²) < 4.78 is 138. The van der Waals surface area contributed by atoms with Crippen molar-refractivity contribution in [3.63, 3.8) is 0 Å². The first-order chi connectivity index (χ1) is 23.2. The highest BCUT2D eigenvalue weighted by Crippen LogP contribution is 2.54. The fraction of sp³-hybridized carbons (Fsp3) is 0.469. The molecule has 2 aliphatic rings. The molecule has 0 N–H and O–H groups in total. The number of halogens is 7. The van der Waals surface area contributed by atoms with Crippen LogP contribution >= 0.6 is 0 Å². The minimum atomic E-state index is -6.04. The van der Waals surface area contributed by atoms with Crippen molar-refractivity contribution >= 4 is 21.8 Å². The van der Waals surface area contributed by atoms with E-state index in [1.165, 1.54) is 30.6 Å². The monoisotopic (exact) mass is 734 g/mol. The molecule has 1 atom stereocenters. The molecule has 0 saturated carbocycles. The van der Waals surface area contributed by atoms with Crippen LogP contribution in [-0.4, -0.2) is 91.8 Å². The zero-order valence-corrected chi connectivity index (χ0v) is 27.9. The summed E-state index contributed by atoms with van der Waals surface area (Å²) in [4.78, 5) is 29.1. The molecule has 50 heavy (non-hydrogen) atoms. The van der Waals surface area contributed by atoms with Crippen LogP contribution in [0.2, 0.25) is 0 Å². The Hall–Kier alpha value is -4.19. The fourth-order valence-corrected chi connectivity index (χ4v) is 8.52. The van der Waals surface area contributed by atoms with Crippen LogP contribution in [0.4, 0.5) is 35.5 Å². The molecule has 18 heteroatoms. The van der Waals surface area contributed by atoms with Crippen LogP contribution in [0, 0.1) is 19.7 Å². The Kier molecular flexibility index (Phi) is 9.77. The summed E-state index contributed by atoms with van der Waals surface area (Å²) in [5.41, 5.74) is -6.47. The van der Waals surface area contributed by atoms with E-state index in [0.29, 0.717) is 12.1 Å². The van der Waals surface area contributed by atoms with Crippen molar-refractivity contribution in [1.29, 1.82) is 0 Å². The Morgan fingerprint density at radius 1 is 0.860 bits per heavy atom. The van der Waals surface area contributed by atoms with Crippen LogP contribution in [-0.2, 0) is 36.3 Å². The zero-order valence-electron chi connectivity index (χ0n) is 27.1. The summed E-state index contributed by atoms with van der Waals surface area (Å²) in [7, 11) is -4.57. The number of hydrogen-bond acceptors (Lipinski definition) is 7. The summed E-state index contributed by atoms with van der Waals surface area (Å²) in [6.45, 7) is 3.02. The minimum absolute atomic E-state index is 0.0325. The van der Waals surface area contributed by atoms with Gasteiger partial charge in [0.2, 0.25) is 5.91 Å². The topological polar surface area (TPSA) is 113 Å². The molecule has 3 amide bonds. The van der Waals surface area contributed by atoms with Gasteiger partial charge in [-0.05, 0) is 50.1 Å². The van der Waals surface area contributed by atoms with Crippen molar-refractivity contribution in [3.05, 3.63) is 82.5 Å². The fourth-order valence-electron chi connectivity index (χ4n) is 6.44. The Morgan fingerprint density at radius 2 is 1.42 bits per heavy atom. The predicted molar refractivity (Wildman–Crippen MR) is 162 cm³/mol. The van der Waals surface area contributed by atoms with Crippen molar-refractivity contribution in [2.75, 3.05) is 39.3 Å². The van der Waals surface area contributed by atoms with Crippen LogP contribution < -0.4 is 0 Å². The zero-order chi connectivity index (χ0) is 36.9. The van der Waals surface area contributed by atoms with Gasteiger partial charge in [-0.25, -0.2) is 17.6 Å². The molecule has 2 saturated heterocycles. The Morgan fingerprint density at radius 3 is 1.92 bits per heavy atom. The van der Waals surface area contributed by atoms with E-state index in [0.717, 1.165) is 36.4 Å². The van der Waals surface area contributed by atoms with E-state index in [1.807, 2.05) is 0 Å². The standard InChI is InChI=1S/C32H33F7N4O6S/c1-20-27(21(2)49-40-20)18-48-30(31(34,35)36,32(37,38)39)24-6-4-23(5-7-24)29(50(46,47)26-10-8-25(33)9-11-26)12-13-43(19-29)28(45)42-16-14-41(15-17-42)22(3)44/h4-11H,12-19H2,1-3H3/t29-/m0/s1. The van der Waals surface area contributed by atoms with E-state index < -0.39 is 63.1 Å². The number of benzene rings is 2. The Bertz CT molecular complexity index is 1800. The van der Waals surface area contributed by atoms with Crippen molar-refractivity contribution in [2.45, 2.75) is 61.4 Å². The smallest absolute Gasteiger partial charge is 0.361 e. The molecule has 0 bridgehead atoms. The molecule has 2 aliphatic heterocycles. The lowest BCUT2D eigenvalue weighted by atomic mass is 9.88. The summed E-state index contributed by atoms with van der Waals surface area (Å²) in [6.07, 6.45) is -12.4. The summed E-state index contributed by atoms with van der Waals surface area (Å²) in [5, 5.41) is 3.55. The molecule has 0 unspecified atom stereocenters. The van der Waals surface area contributed by atoms with Crippen molar-refractivity contribution in [2.24, 2.45) is 0 Å². The maximum Gasteiger partial charge on any atom is 0.430 e. The quantitative estimate of drug-likeness (QED) is 0.229. The molecule has 5 rings (SSSR count). The molecule has 272 valence electrons. The van der Waals surface area contributed by atoms with Gasteiger partial charge < -0.3 is 24.0 Å². The summed E-state index contributed by atoms with van der Waals surface area (Å²) in [5.74, 6) is -0.965. The molecule has 0 aliphatic carbocycles. The van der Waals surface area contributed by atoms with Crippen molar-refractivity contribution in [1.82, 2.24) is 19.9 Å². The average molecular weight is 735 g/mol. The summed E-state index contributed by atoms with van der Waals surface area (Å²) in [6, 6.07) is 5.94. The van der Waals surface area contributed by atoms with Gasteiger partial charge >= 0.3 is 18.4 Å². The van der Waals surface area contributed by atoms with E-state index in [1.54, 1.807) is 4.90 Å². The van der Waals surface area contributed by atoms with Gasteiger partial charge in [0.1, 0.15) is 16.3 Å². The Labute approximate surface area is 282 Å². The third-order valence-corrected chi connectivity index (χ3v) is 11.9. The molecule has 10 nitrogen and oxygen atoms in total.